The van der Waals surface area contributed by atoms with E-state index in [-0.39, 0.29) is 5.69 Å². The van der Waals surface area contributed by atoms with Gasteiger partial charge < -0.3 is 0 Å². The second kappa shape index (κ2) is 4.23. The van der Waals surface area contributed by atoms with Crippen molar-refractivity contribution in [3.8, 4) is 0 Å². The third-order valence-corrected chi connectivity index (χ3v) is 2.09. The molecular formula is C9H10F4N2O. The first-order valence-electron chi connectivity index (χ1n) is 4.44. The average molecular weight is 238 g/mol. The predicted molar refractivity (Wildman–Crippen MR) is 47.6 cm³/mol. The summed E-state index contributed by atoms with van der Waals surface area (Å²) in [6, 6.07) is 1.40. The molecule has 0 amide bonds. The Morgan fingerprint density at radius 3 is 2.50 bits per heavy atom. The number of hydrogen-bond donors (Lipinski definition) is 0. The minimum absolute atomic E-state index is 0.183. The van der Waals surface area contributed by atoms with Gasteiger partial charge in [0.15, 0.2) is 0 Å². The fourth-order valence-electron chi connectivity index (χ4n) is 1.23. The number of aromatic nitrogens is 2. The summed E-state index contributed by atoms with van der Waals surface area (Å²) in [6.07, 6.45) is -4.73. The largest absolute Gasteiger partial charge is 0.364 e. The highest BCUT2D eigenvalue weighted by Crippen LogP contribution is 2.25. The molecule has 0 saturated carbocycles. The van der Waals surface area contributed by atoms with E-state index >= 15 is 0 Å². The summed E-state index contributed by atoms with van der Waals surface area (Å²) >= 11 is 0. The summed E-state index contributed by atoms with van der Waals surface area (Å²) in [7, 11) is 1.45. The van der Waals surface area contributed by atoms with E-state index in [2.05, 4.69) is 5.10 Å². The highest BCUT2D eigenvalue weighted by atomic mass is 19.3. The van der Waals surface area contributed by atoms with Crippen molar-refractivity contribution in [1.29, 1.82) is 0 Å². The van der Waals surface area contributed by atoms with E-state index in [1.165, 1.54) is 17.8 Å². The van der Waals surface area contributed by atoms with Crippen LogP contribution >= 0.6 is 0 Å². The number of hydrogen-bond acceptors (Lipinski definition) is 2. The van der Waals surface area contributed by atoms with Crippen LogP contribution in [0.1, 0.15) is 11.4 Å². The zero-order valence-corrected chi connectivity index (χ0v) is 8.68. The molecule has 0 radical (unpaired) electrons. The molecule has 0 saturated heterocycles. The van der Waals surface area contributed by atoms with E-state index in [0.717, 1.165) is 0 Å². The molecule has 0 spiro atoms. The number of aryl methyl sites for hydroxylation is 2. The molecule has 0 aliphatic heterocycles. The summed E-state index contributed by atoms with van der Waals surface area (Å²) in [5, 5.41) is 3.82. The number of rotatable bonds is 4. The lowest BCUT2D eigenvalue weighted by molar-refractivity contribution is -0.166. The number of halogens is 4. The fraction of sp³-hybridized carbons (Fsp3) is 0.556. The second-order valence-electron chi connectivity index (χ2n) is 3.42. The van der Waals surface area contributed by atoms with E-state index in [1.54, 1.807) is 6.92 Å². The van der Waals surface area contributed by atoms with Gasteiger partial charge in [0, 0.05) is 12.7 Å². The van der Waals surface area contributed by atoms with Gasteiger partial charge in [-0.3, -0.25) is 9.48 Å². The van der Waals surface area contributed by atoms with Gasteiger partial charge >= 0.3 is 12.3 Å². The van der Waals surface area contributed by atoms with Gasteiger partial charge in [-0.2, -0.15) is 13.9 Å². The molecule has 90 valence electrons. The molecule has 1 heterocycles. The Balaban J connectivity index is 2.83. The minimum Gasteiger partial charge on any atom is -0.292 e. The molecule has 0 N–H and O–H groups in total. The number of carbonyl (C=O) groups is 1. The van der Waals surface area contributed by atoms with E-state index < -0.39 is 24.6 Å². The van der Waals surface area contributed by atoms with Crippen molar-refractivity contribution in [2.45, 2.75) is 25.7 Å². The van der Waals surface area contributed by atoms with Crippen LogP contribution in [-0.2, 0) is 18.3 Å². The van der Waals surface area contributed by atoms with Gasteiger partial charge in [0.25, 0.3) is 0 Å². The van der Waals surface area contributed by atoms with Crippen LogP contribution in [0.25, 0.3) is 0 Å². The smallest absolute Gasteiger partial charge is 0.292 e. The molecule has 3 nitrogen and oxygen atoms in total. The first-order chi connectivity index (χ1) is 7.25. The first kappa shape index (κ1) is 12.7. The Labute approximate surface area is 89.1 Å². The van der Waals surface area contributed by atoms with Crippen LogP contribution in [0.5, 0.6) is 0 Å². The van der Waals surface area contributed by atoms with Crippen LogP contribution in [0.3, 0.4) is 0 Å². The zero-order valence-electron chi connectivity index (χ0n) is 8.68. The lowest BCUT2D eigenvalue weighted by Gasteiger charge is -2.13. The number of alkyl halides is 4. The molecule has 0 unspecified atom stereocenters. The topological polar surface area (TPSA) is 34.9 Å². The maximum Gasteiger partial charge on any atom is 0.364 e. The van der Waals surface area contributed by atoms with Crippen molar-refractivity contribution >= 4 is 5.78 Å². The van der Waals surface area contributed by atoms with E-state index in [4.69, 9.17) is 0 Å². The monoisotopic (exact) mass is 238 g/mol. The molecule has 0 aliphatic rings. The molecule has 0 fully saturated rings. The maximum atomic E-state index is 12.6. The van der Waals surface area contributed by atoms with Gasteiger partial charge in [-0.25, -0.2) is 8.78 Å². The molecule has 1 aromatic rings. The maximum absolute atomic E-state index is 12.6. The normalized spacial score (nSPS) is 12.2. The number of ketones is 1. The van der Waals surface area contributed by atoms with Crippen molar-refractivity contribution < 1.29 is 22.4 Å². The van der Waals surface area contributed by atoms with Gasteiger partial charge in [0.2, 0.25) is 5.78 Å². The Hall–Kier alpha value is -1.40. The lowest BCUT2D eigenvalue weighted by atomic mass is 10.1. The van der Waals surface area contributed by atoms with Gasteiger partial charge in [-0.15, -0.1) is 0 Å². The number of Topliss-reactive ketones (excluding diaryl/α,β-unsaturated/α-hetero) is 1. The summed E-state index contributed by atoms with van der Waals surface area (Å²) in [5.41, 5.74) is 0.716. The Kier molecular flexibility index (Phi) is 3.35. The SMILES string of the molecule is Cc1cc(CC(=O)C(F)(F)C(F)F)n(C)n1. The molecule has 1 rings (SSSR count). The van der Waals surface area contributed by atoms with Crippen LogP contribution < -0.4 is 0 Å². The zero-order chi connectivity index (χ0) is 12.5. The molecule has 0 aliphatic carbocycles. The van der Waals surface area contributed by atoms with Crippen molar-refractivity contribution in [2.24, 2.45) is 7.05 Å². The Bertz CT molecular complexity index is 400. The van der Waals surface area contributed by atoms with E-state index in [9.17, 15) is 22.4 Å². The first-order valence-corrected chi connectivity index (χ1v) is 4.44. The third kappa shape index (κ3) is 2.40. The van der Waals surface area contributed by atoms with Gasteiger partial charge in [-0.05, 0) is 13.0 Å². The van der Waals surface area contributed by atoms with Crippen molar-refractivity contribution in [1.82, 2.24) is 9.78 Å². The number of nitrogens with zero attached hydrogens (tertiary/aromatic N) is 2. The quantitative estimate of drug-likeness (QED) is 0.749. The van der Waals surface area contributed by atoms with Crippen LogP contribution in [0, 0.1) is 6.92 Å². The van der Waals surface area contributed by atoms with Crippen molar-refractivity contribution in [3.63, 3.8) is 0 Å². The molecule has 0 atom stereocenters. The standard InChI is InChI=1S/C9H10F4N2O/c1-5-3-6(15(2)14-5)4-7(16)9(12,13)8(10)11/h3,8H,4H2,1-2H3. The van der Waals surface area contributed by atoms with Crippen LogP contribution in [0.2, 0.25) is 0 Å². The molecule has 1 aromatic heterocycles. The Morgan fingerprint density at radius 2 is 2.12 bits per heavy atom. The van der Waals surface area contributed by atoms with Crippen molar-refractivity contribution in [2.75, 3.05) is 0 Å². The number of carbonyl (C=O) groups excluding carboxylic acids is 1. The molecule has 0 bridgehead atoms. The van der Waals surface area contributed by atoms with Crippen molar-refractivity contribution in [3.05, 3.63) is 17.5 Å². The fourth-order valence-corrected chi connectivity index (χ4v) is 1.23. The lowest BCUT2D eigenvalue weighted by Crippen LogP contribution is -2.37. The predicted octanol–water partition coefficient (Wildman–Crippen LogP) is 1.74. The summed E-state index contributed by atoms with van der Waals surface area (Å²) in [5.74, 6) is -6.40. The van der Waals surface area contributed by atoms with Gasteiger partial charge in [0.1, 0.15) is 0 Å². The second-order valence-corrected chi connectivity index (χ2v) is 3.42. The summed E-state index contributed by atoms with van der Waals surface area (Å²) < 4.78 is 50.2. The van der Waals surface area contributed by atoms with Crippen LogP contribution in [0.15, 0.2) is 6.07 Å². The molecule has 7 heteroatoms. The van der Waals surface area contributed by atoms with E-state index in [1.807, 2.05) is 0 Å². The van der Waals surface area contributed by atoms with Crippen LogP contribution in [-0.4, -0.2) is 27.9 Å². The summed E-state index contributed by atoms with van der Waals surface area (Å²) in [6.45, 7) is 1.61. The Morgan fingerprint density at radius 1 is 1.56 bits per heavy atom. The van der Waals surface area contributed by atoms with E-state index in [0.29, 0.717) is 5.69 Å². The third-order valence-electron chi connectivity index (χ3n) is 2.09. The highest BCUT2D eigenvalue weighted by molar-refractivity contribution is 5.87. The van der Waals surface area contributed by atoms with Gasteiger partial charge in [0.05, 0.1) is 12.1 Å². The average Bonchev–Trinajstić information content (AvgIpc) is 2.44. The van der Waals surface area contributed by atoms with Gasteiger partial charge in [-0.1, -0.05) is 0 Å². The molecule has 16 heavy (non-hydrogen) atoms. The molecular weight excluding hydrogens is 228 g/mol. The van der Waals surface area contributed by atoms with Crippen LogP contribution in [0.4, 0.5) is 17.6 Å². The summed E-state index contributed by atoms with van der Waals surface area (Å²) in [4.78, 5) is 11.0. The minimum atomic E-state index is -4.60. The molecule has 0 aromatic carbocycles. The highest BCUT2D eigenvalue weighted by Gasteiger charge is 2.48.